The Labute approximate surface area is 182 Å². The number of hydrogen-bond donors (Lipinski definition) is 1. The molecule has 3 rings (SSSR count). The minimum absolute atomic E-state index is 0. The van der Waals surface area contributed by atoms with Gasteiger partial charge in [0.15, 0.2) is 5.96 Å². The van der Waals surface area contributed by atoms with Crippen LogP contribution in [0.1, 0.15) is 41.8 Å². The van der Waals surface area contributed by atoms with E-state index in [4.69, 9.17) is 9.72 Å². The molecule has 1 saturated heterocycles. The summed E-state index contributed by atoms with van der Waals surface area (Å²) in [7, 11) is 1.82. The third kappa shape index (κ3) is 5.78. The normalized spacial score (nSPS) is 17.1. The quantitative estimate of drug-likeness (QED) is 0.384. The Balaban J connectivity index is 0.00000261. The Morgan fingerprint density at radius 2 is 2.26 bits per heavy atom. The highest BCUT2D eigenvalue weighted by Gasteiger charge is 2.26. The first-order valence-electron chi connectivity index (χ1n) is 9.06. The third-order valence-electron chi connectivity index (χ3n) is 4.40. The highest BCUT2D eigenvalue weighted by Crippen LogP contribution is 2.24. The Morgan fingerprint density at radius 1 is 1.44 bits per heavy atom. The van der Waals surface area contributed by atoms with Gasteiger partial charge >= 0.3 is 0 Å². The molecular formula is C19H28IN5OS. The molecule has 0 bridgehead atoms. The van der Waals surface area contributed by atoms with Gasteiger partial charge in [0.1, 0.15) is 11.1 Å². The van der Waals surface area contributed by atoms with Crippen LogP contribution < -0.4 is 10.1 Å². The number of rotatable bonds is 5. The molecule has 1 aliphatic rings. The van der Waals surface area contributed by atoms with E-state index in [1.807, 2.05) is 25.2 Å². The predicted molar refractivity (Wildman–Crippen MR) is 121 cm³/mol. The molecule has 2 aromatic rings. The van der Waals surface area contributed by atoms with Gasteiger partial charge in [-0.2, -0.15) is 0 Å². The zero-order valence-corrected chi connectivity index (χ0v) is 19.5. The van der Waals surface area contributed by atoms with E-state index in [-0.39, 0.29) is 30.1 Å². The lowest BCUT2D eigenvalue weighted by Crippen LogP contribution is -2.40. The highest BCUT2D eigenvalue weighted by molar-refractivity contribution is 14.0. The van der Waals surface area contributed by atoms with Crippen molar-refractivity contribution in [3.8, 4) is 5.88 Å². The van der Waals surface area contributed by atoms with Gasteiger partial charge in [0, 0.05) is 37.2 Å². The van der Waals surface area contributed by atoms with Crippen molar-refractivity contribution in [1.82, 2.24) is 20.2 Å². The maximum Gasteiger partial charge on any atom is 0.213 e. The summed E-state index contributed by atoms with van der Waals surface area (Å²) in [5.74, 6) is 2.04. The first kappa shape index (κ1) is 21.9. The van der Waals surface area contributed by atoms with E-state index in [2.05, 4.69) is 41.0 Å². The SMILES string of the molecule is CN=C(NCc1nc(C(C)C)c(C)s1)N1CCC(Oc2ccccn2)C1.I. The summed E-state index contributed by atoms with van der Waals surface area (Å²) in [5.41, 5.74) is 1.20. The molecule has 0 radical (unpaired) electrons. The van der Waals surface area contributed by atoms with Crippen LogP contribution in [-0.2, 0) is 6.54 Å². The molecule has 6 nitrogen and oxygen atoms in total. The van der Waals surface area contributed by atoms with Gasteiger partial charge in [0.25, 0.3) is 0 Å². The molecule has 1 aliphatic heterocycles. The van der Waals surface area contributed by atoms with E-state index in [1.165, 1.54) is 10.6 Å². The topological polar surface area (TPSA) is 62.6 Å². The molecule has 148 valence electrons. The fraction of sp³-hybridized carbons (Fsp3) is 0.526. The van der Waals surface area contributed by atoms with Crippen molar-refractivity contribution in [1.29, 1.82) is 0 Å². The van der Waals surface area contributed by atoms with Crippen molar-refractivity contribution in [2.75, 3.05) is 20.1 Å². The van der Waals surface area contributed by atoms with E-state index in [1.54, 1.807) is 17.5 Å². The standard InChI is InChI=1S/C19H27N5OS.HI/c1-13(2)18-14(3)26-17(23-18)11-22-19(20-4)24-10-8-15(12-24)25-16-7-5-6-9-21-16;/h5-7,9,13,15H,8,10-12H2,1-4H3,(H,20,22);1H. The van der Waals surface area contributed by atoms with E-state index in [9.17, 15) is 0 Å². The minimum Gasteiger partial charge on any atom is -0.472 e. The van der Waals surface area contributed by atoms with Crippen LogP contribution in [-0.4, -0.2) is 47.1 Å². The number of nitrogens with one attached hydrogen (secondary N) is 1. The molecule has 0 aromatic carbocycles. The first-order chi connectivity index (χ1) is 12.6. The summed E-state index contributed by atoms with van der Waals surface area (Å²) in [6, 6.07) is 5.73. The second-order valence-corrected chi connectivity index (χ2v) is 8.03. The zero-order chi connectivity index (χ0) is 18.5. The summed E-state index contributed by atoms with van der Waals surface area (Å²) >= 11 is 1.76. The van der Waals surface area contributed by atoms with Crippen molar-refractivity contribution >= 4 is 41.3 Å². The molecule has 2 aromatic heterocycles. The van der Waals surface area contributed by atoms with E-state index in [0.717, 1.165) is 30.5 Å². The minimum atomic E-state index is 0. The van der Waals surface area contributed by atoms with Crippen molar-refractivity contribution in [2.45, 2.75) is 45.8 Å². The molecule has 8 heteroatoms. The predicted octanol–water partition coefficient (Wildman–Crippen LogP) is 3.82. The molecule has 1 atom stereocenters. The number of hydrogen-bond acceptors (Lipinski definition) is 5. The van der Waals surface area contributed by atoms with Crippen molar-refractivity contribution in [3.63, 3.8) is 0 Å². The van der Waals surface area contributed by atoms with Crippen LogP contribution >= 0.6 is 35.3 Å². The van der Waals surface area contributed by atoms with Gasteiger partial charge < -0.3 is 15.0 Å². The number of aromatic nitrogens is 2. The molecular weight excluding hydrogens is 473 g/mol. The number of likely N-dealkylation sites (tertiary alicyclic amines) is 1. The van der Waals surface area contributed by atoms with Crippen LogP contribution in [0, 0.1) is 6.92 Å². The zero-order valence-electron chi connectivity index (χ0n) is 16.3. The van der Waals surface area contributed by atoms with Gasteiger partial charge in [-0.15, -0.1) is 35.3 Å². The average Bonchev–Trinajstić information content (AvgIpc) is 3.23. The molecule has 0 aliphatic carbocycles. The monoisotopic (exact) mass is 501 g/mol. The number of pyridine rings is 1. The highest BCUT2D eigenvalue weighted by atomic mass is 127. The van der Waals surface area contributed by atoms with Crippen LogP contribution in [0.3, 0.4) is 0 Å². The number of aliphatic imine (C=N–C) groups is 1. The molecule has 0 spiro atoms. The van der Waals surface area contributed by atoms with E-state index >= 15 is 0 Å². The summed E-state index contributed by atoms with van der Waals surface area (Å²) in [4.78, 5) is 17.0. The number of nitrogens with zero attached hydrogens (tertiary/aromatic N) is 4. The van der Waals surface area contributed by atoms with Crippen LogP contribution in [0.4, 0.5) is 0 Å². The maximum absolute atomic E-state index is 5.96. The van der Waals surface area contributed by atoms with Crippen molar-refractivity contribution in [3.05, 3.63) is 40.0 Å². The van der Waals surface area contributed by atoms with E-state index < -0.39 is 0 Å². The second-order valence-electron chi connectivity index (χ2n) is 6.75. The number of ether oxygens (including phenoxy) is 1. The summed E-state index contributed by atoms with van der Waals surface area (Å²) in [6.07, 6.45) is 2.85. The lowest BCUT2D eigenvalue weighted by atomic mass is 10.1. The van der Waals surface area contributed by atoms with Crippen LogP contribution in [0.2, 0.25) is 0 Å². The Morgan fingerprint density at radius 3 is 2.89 bits per heavy atom. The summed E-state index contributed by atoms with van der Waals surface area (Å²) < 4.78 is 5.96. The van der Waals surface area contributed by atoms with Crippen LogP contribution in [0.25, 0.3) is 0 Å². The van der Waals surface area contributed by atoms with Gasteiger partial charge in [-0.1, -0.05) is 19.9 Å². The van der Waals surface area contributed by atoms with Crippen molar-refractivity contribution < 1.29 is 4.74 Å². The molecule has 27 heavy (non-hydrogen) atoms. The number of thiazole rings is 1. The summed E-state index contributed by atoms with van der Waals surface area (Å²) in [5, 5.41) is 4.55. The fourth-order valence-corrected chi connectivity index (χ4v) is 4.20. The molecule has 1 N–H and O–H groups in total. The average molecular weight is 501 g/mol. The van der Waals surface area contributed by atoms with E-state index in [0.29, 0.717) is 18.3 Å². The van der Waals surface area contributed by atoms with Gasteiger partial charge in [-0.05, 0) is 18.9 Å². The molecule has 0 saturated carbocycles. The Bertz CT molecular complexity index is 750. The maximum atomic E-state index is 5.96. The number of guanidine groups is 1. The summed E-state index contributed by atoms with van der Waals surface area (Å²) in [6.45, 7) is 8.95. The lowest BCUT2D eigenvalue weighted by molar-refractivity contribution is 0.205. The second kappa shape index (κ2) is 10.2. The largest absolute Gasteiger partial charge is 0.472 e. The molecule has 1 unspecified atom stereocenters. The lowest BCUT2D eigenvalue weighted by Gasteiger charge is -2.21. The van der Waals surface area contributed by atoms with Gasteiger partial charge in [0.05, 0.1) is 18.8 Å². The molecule has 1 fully saturated rings. The molecule has 0 amide bonds. The number of aryl methyl sites for hydroxylation is 1. The first-order valence-corrected chi connectivity index (χ1v) is 9.88. The molecule has 3 heterocycles. The van der Waals surface area contributed by atoms with Crippen LogP contribution in [0.5, 0.6) is 5.88 Å². The Hall–Kier alpha value is -1.42. The number of halogens is 1. The smallest absolute Gasteiger partial charge is 0.213 e. The van der Waals surface area contributed by atoms with Gasteiger partial charge in [-0.25, -0.2) is 9.97 Å². The van der Waals surface area contributed by atoms with Crippen molar-refractivity contribution in [2.24, 2.45) is 4.99 Å². The van der Waals surface area contributed by atoms with Gasteiger partial charge in [-0.3, -0.25) is 4.99 Å². The third-order valence-corrected chi connectivity index (χ3v) is 5.39. The van der Waals surface area contributed by atoms with Gasteiger partial charge in [0.2, 0.25) is 5.88 Å². The van der Waals surface area contributed by atoms with Crippen LogP contribution in [0.15, 0.2) is 29.4 Å². The fourth-order valence-electron chi connectivity index (χ4n) is 3.17. The Kier molecular flexibility index (Phi) is 8.28.